The van der Waals surface area contributed by atoms with Gasteiger partial charge >= 0.3 is 5.97 Å². The van der Waals surface area contributed by atoms with Crippen LogP contribution in [0, 0.1) is 13.8 Å². The zero-order valence-electron chi connectivity index (χ0n) is 23.3. The Morgan fingerprint density at radius 3 is 2.27 bits per heavy atom. The molecule has 1 aromatic heterocycles. The van der Waals surface area contributed by atoms with E-state index >= 15 is 0 Å². The van der Waals surface area contributed by atoms with Crippen LogP contribution >= 0.6 is 0 Å². The third-order valence-electron chi connectivity index (χ3n) is 8.08. The van der Waals surface area contributed by atoms with Gasteiger partial charge in [0.2, 0.25) is 0 Å². The smallest absolute Gasteiger partial charge is 0.336 e. The maximum absolute atomic E-state index is 13.6. The number of carboxylic acids is 1. The van der Waals surface area contributed by atoms with E-state index in [0.717, 1.165) is 49.7 Å². The van der Waals surface area contributed by atoms with E-state index in [1.54, 1.807) is 17.0 Å². The molecule has 0 spiro atoms. The van der Waals surface area contributed by atoms with E-state index in [1.165, 1.54) is 0 Å². The zero-order chi connectivity index (χ0) is 28.7. The molecule has 6 rings (SSSR count). The van der Waals surface area contributed by atoms with Gasteiger partial charge < -0.3 is 14.6 Å². The summed E-state index contributed by atoms with van der Waals surface area (Å²) >= 11 is 0. The van der Waals surface area contributed by atoms with E-state index in [0.29, 0.717) is 23.2 Å². The summed E-state index contributed by atoms with van der Waals surface area (Å²) in [5.41, 5.74) is 7.87. The highest BCUT2D eigenvalue weighted by Gasteiger charge is 2.19. The van der Waals surface area contributed by atoms with Gasteiger partial charge in [-0.05, 0) is 71.8 Å². The molecular formula is C36H30N2O3. The first kappa shape index (κ1) is 26.1. The van der Waals surface area contributed by atoms with E-state index in [1.807, 2.05) is 92.0 Å². The average Bonchev–Trinajstić information content (AvgIpc) is 3.24. The van der Waals surface area contributed by atoms with E-state index in [4.69, 9.17) is 0 Å². The number of carboxylic acid groups (broad SMARTS) is 1. The number of aryl methyl sites for hydroxylation is 1. The topological polar surface area (TPSA) is 62.5 Å². The molecule has 0 aliphatic heterocycles. The van der Waals surface area contributed by atoms with Gasteiger partial charge in [0, 0.05) is 41.1 Å². The van der Waals surface area contributed by atoms with Crippen molar-refractivity contribution in [1.29, 1.82) is 0 Å². The SMILES string of the molecule is Cc1c(C)n(Cc2ccc(-c3ccccc3C(=O)O)cc2)c2ccc(C(=O)N(C)c3cccc4ccccc34)cc12. The third kappa shape index (κ3) is 4.66. The molecule has 5 heteroatoms. The number of hydrogen-bond acceptors (Lipinski definition) is 2. The molecule has 0 unspecified atom stereocenters. The van der Waals surface area contributed by atoms with Gasteiger partial charge in [0.25, 0.3) is 5.91 Å². The molecule has 1 N–H and O–H groups in total. The summed E-state index contributed by atoms with van der Waals surface area (Å²) in [7, 11) is 1.83. The van der Waals surface area contributed by atoms with Crippen molar-refractivity contribution in [2.24, 2.45) is 0 Å². The summed E-state index contributed by atoms with van der Waals surface area (Å²) in [6.45, 7) is 4.87. The van der Waals surface area contributed by atoms with Gasteiger partial charge in [-0.1, -0.05) is 78.9 Å². The molecule has 0 saturated heterocycles. The molecule has 0 fully saturated rings. The molecule has 202 valence electrons. The minimum absolute atomic E-state index is 0.0507. The molecule has 6 aromatic rings. The van der Waals surface area contributed by atoms with Crippen LogP contribution < -0.4 is 4.90 Å². The first-order valence-electron chi connectivity index (χ1n) is 13.6. The highest BCUT2D eigenvalue weighted by Crippen LogP contribution is 2.31. The number of aromatic nitrogens is 1. The maximum Gasteiger partial charge on any atom is 0.336 e. The number of carbonyl (C=O) groups excluding carboxylic acids is 1. The standard InChI is InChI=1S/C36H30N2O3/c1-23-24(2)38(22-25-15-17-27(18-16-25)29-11-6-7-13-31(29)36(40)41)34-20-19-28(21-32(23)34)35(39)37(3)33-14-8-10-26-9-4-5-12-30(26)33/h4-21H,22H2,1-3H3,(H,40,41). The first-order valence-corrected chi connectivity index (χ1v) is 13.6. The van der Waals surface area contributed by atoms with Gasteiger partial charge in [0.05, 0.1) is 11.3 Å². The van der Waals surface area contributed by atoms with Crippen molar-refractivity contribution in [3.63, 3.8) is 0 Å². The Morgan fingerprint density at radius 1 is 0.780 bits per heavy atom. The number of aromatic carboxylic acids is 1. The van der Waals surface area contributed by atoms with E-state index in [2.05, 4.69) is 30.5 Å². The summed E-state index contributed by atoms with van der Waals surface area (Å²) in [5, 5.41) is 12.8. The molecular weight excluding hydrogens is 508 g/mol. The molecule has 0 atom stereocenters. The minimum atomic E-state index is -0.934. The van der Waals surface area contributed by atoms with Crippen molar-refractivity contribution in [3.8, 4) is 11.1 Å². The van der Waals surface area contributed by atoms with Crippen LogP contribution in [0.25, 0.3) is 32.8 Å². The van der Waals surface area contributed by atoms with E-state index in [9.17, 15) is 14.7 Å². The van der Waals surface area contributed by atoms with Crippen molar-refractivity contribution < 1.29 is 14.7 Å². The van der Waals surface area contributed by atoms with Gasteiger partial charge in [0.15, 0.2) is 0 Å². The number of fused-ring (bicyclic) bond motifs is 2. The Kier molecular flexibility index (Phi) is 6.64. The Bertz CT molecular complexity index is 1950. The molecule has 5 aromatic carbocycles. The Hall–Kier alpha value is -5.16. The normalized spacial score (nSPS) is 11.2. The molecule has 41 heavy (non-hydrogen) atoms. The number of hydrogen-bond donors (Lipinski definition) is 1. The van der Waals surface area contributed by atoms with Crippen molar-refractivity contribution in [2.45, 2.75) is 20.4 Å². The lowest BCUT2D eigenvalue weighted by atomic mass is 9.99. The number of amides is 1. The van der Waals surface area contributed by atoms with Crippen LogP contribution in [0.4, 0.5) is 5.69 Å². The summed E-state index contributed by atoms with van der Waals surface area (Å²) in [6.07, 6.45) is 0. The highest BCUT2D eigenvalue weighted by molar-refractivity contribution is 6.11. The quantitative estimate of drug-likeness (QED) is 0.233. The van der Waals surface area contributed by atoms with E-state index in [-0.39, 0.29) is 5.91 Å². The largest absolute Gasteiger partial charge is 0.478 e. The van der Waals surface area contributed by atoms with Crippen LogP contribution in [0.5, 0.6) is 0 Å². The van der Waals surface area contributed by atoms with Gasteiger partial charge in [-0.3, -0.25) is 4.79 Å². The number of nitrogens with zero attached hydrogens (tertiary/aromatic N) is 2. The molecule has 0 aliphatic carbocycles. The number of rotatable bonds is 6. The highest BCUT2D eigenvalue weighted by atomic mass is 16.4. The lowest BCUT2D eigenvalue weighted by Crippen LogP contribution is -2.26. The molecule has 5 nitrogen and oxygen atoms in total. The minimum Gasteiger partial charge on any atom is -0.478 e. The first-order chi connectivity index (χ1) is 19.8. The Labute approximate surface area is 238 Å². The third-order valence-corrected chi connectivity index (χ3v) is 8.08. The fourth-order valence-electron chi connectivity index (χ4n) is 5.68. The molecule has 0 bridgehead atoms. The van der Waals surface area contributed by atoms with Gasteiger partial charge in [-0.2, -0.15) is 0 Å². The van der Waals surface area contributed by atoms with E-state index < -0.39 is 5.97 Å². The number of carbonyl (C=O) groups is 2. The fourth-order valence-corrected chi connectivity index (χ4v) is 5.68. The van der Waals surface area contributed by atoms with Crippen LogP contribution in [0.2, 0.25) is 0 Å². The van der Waals surface area contributed by atoms with Crippen LogP contribution in [0.3, 0.4) is 0 Å². The maximum atomic E-state index is 13.6. The van der Waals surface area contributed by atoms with Gasteiger partial charge in [-0.15, -0.1) is 0 Å². The van der Waals surface area contributed by atoms with Crippen LogP contribution in [-0.4, -0.2) is 28.6 Å². The molecule has 0 saturated carbocycles. The van der Waals surface area contributed by atoms with Gasteiger partial charge in [0.1, 0.15) is 0 Å². The Balaban J connectivity index is 1.30. The second kappa shape index (κ2) is 10.4. The average molecular weight is 539 g/mol. The molecule has 0 aliphatic rings. The molecule has 1 amide bonds. The fraction of sp³-hybridized carbons (Fsp3) is 0.111. The number of anilines is 1. The summed E-state index contributed by atoms with van der Waals surface area (Å²) < 4.78 is 2.27. The van der Waals surface area contributed by atoms with Crippen molar-refractivity contribution in [2.75, 3.05) is 11.9 Å². The lowest BCUT2D eigenvalue weighted by Gasteiger charge is -2.20. The predicted octanol–water partition coefficient (Wildman–Crippen LogP) is 8.10. The van der Waals surface area contributed by atoms with Crippen molar-refractivity contribution in [1.82, 2.24) is 4.57 Å². The second-order valence-corrected chi connectivity index (χ2v) is 10.4. The van der Waals surface area contributed by atoms with Gasteiger partial charge in [-0.25, -0.2) is 4.79 Å². The van der Waals surface area contributed by atoms with Crippen LogP contribution in [-0.2, 0) is 6.54 Å². The Morgan fingerprint density at radius 2 is 1.49 bits per heavy atom. The zero-order valence-corrected chi connectivity index (χ0v) is 23.3. The summed E-state index contributed by atoms with van der Waals surface area (Å²) in [4.78, 5) is 27.0. The molecule has 1 heterocycles. The lowest BCUT2D eigenvalue weighted by molar-refractivity contribution is 0.0697. The molecule has 0 radical (unpaired) electrons. The van der Waals surface area contributed by atoms with Crippen LogP contribution in [0.15, 0.2) is 109 Å². The number of benzene rings is 5. The van der Waals surface area contributed by atoms with Crippen molar-refractivity contribution >= 4 is 39.2 Å². The monoisotopic (exact) mass is 538 g/mol. The van der Waals surface area contributed by atoms with Crippen molar-refractivity contribution in [3.05, 3.63) is 137 Å². The summed E-state index contributed by atoms with van der Waals surface area (Å²) in [6, 6.07) is 35.2. The summed E-state index contributed by atoms with van der Waals surface area (Å²) in [5.74, 6) is -0.985. The second-order valence-electron chi connectivity index (χ2n) is 10.4. The predicted molar refractivity (Wildman–Crippen MR) is 166 cm³/mol. The van der Waals surface area contributed by atoms with Crippen LogP contribution in [0.1, 0.15) is 37.5 Å².